The lowest BCUT2D eigenvalue weighted by Gasteiger charge is -2.23. The first-order valence-electron chi connectivity index (χ1n) is 9.14. The first-order chi connectivity index (χ1) is 11.2. The fourth-order valence-electron chi connectivity index (χ4n) is 4.65. The van der Waals surface area contributed by atoms with E-state index in [4.69, 9.17) is 4.52 Å². The van der Waals surface area contributed by atoms with Crippen molar-refractivity contribution in [3.8, 4) is 0 Å². The van der Waals surface area contributed by atoms with Crippen LogP contribution in [0, 0.1) is 18.8 Å². The molecule has 0 spiro atoms. The van der Waals surface area contributed by atoms with E-state index < -0.39 is 0 Å². The summed E-state index contributed by atoms with van der Waals surface area (Å²) in [6.07, 6.45) is 11.5. The van der Waals surface area contributed by atoms with E-state index in [-0.39, 0.29) is 5.91 Å². The third-order valence-electron chi connectivity index (χ3n) is 5.91. The number of aryl methyl sites for hydroxylation is 1. The second kappa shape index (κ2) is 6.50. The van der Waals surface area contributed by atoms with Crippen molar-refractivity contribution in [1.29, 1.82) is 0 Å². The summed E-state index contributed by atoms with van der Waals surface area (Å²) in [5, 5.41) is 7.91. The molecule has 4 rings (SSSR count). The highest BCUT2D eigenvalue weighted by molar-refractivity contribution is 8.00. The minimum absolute atomic E-state index is 0.0542. The Morgan fingerprint density at radius 2 is 2.00 bits per heavy atom. The highest BCUT2D eigenvalue weighted by atomic mass is 32.2. The molecule has 3 saturated carbocycles. The highest BCUT2D eigenvalue weighted by Gasteiger charge is 2.40. The molecule has 3 atom stereocenters. The Hall–Kier alpha value is -0.970. The number of amides is 1. The molecule has 3 aliphatic carbocycles. The smallest absolute Gasteiger partial charge is 0.291 e. The number of nitrogens with zero attached hydrogens (tertiary/aromatic N) is 1. The van der Waals surface area contributed by atoms with Gasteiger partial charge in [-0.1, -0.05) is 30.8 Å². The highest BCUT2D eigenvalue weighted by Crippen LogP contribution is 2.44. The van der Waals surface area contributed by atoms with Crippen LogP contribution in [0.2, 0.25) is 0 Å². The molecule has 1 aromatic rings. The number of thioether (sulfide) groups is 1. The molecule has 3 aliphatic rings. The number of hydrogen-bond acceptors (Lipinski definition) is 4. The molecular formula is C18H26N2O2S. The molecule has 23 heavy (non-hydrogen) atoms. The third-order valence-corrected chi connectivity index (χ3v) is 7.43. The van der Waals surface area contributed by atoms with Crippen LogP contribution in [0.3, 0.4) is 0 Å². The monoisotopic (exact) mass is 334 g/mol. The van der Waals surface area contributed by atoms with Crippen molar-refractivity contribution in [3.05, 3.63) is 11.5 Å². The van der Waals surface area contributed by atoms with Crippen molar-refractivity contribution in [2.24, 2.45) is 11.8 Å². The van der Waals surface area contributed by atoms with Crippen molar-refractivity contribution < 1.29 is 9.32 Å². The summed E-state index contributed by atoms with van der Waals surface area (Å²) >= 11 is 1.81. The van der Waals surface area contributed by atoms with Crippen molar-refractivity contribution in [1.82, 2.24) is 10.5 Å². The maximum atomic E-state index is 12.7. The van der Waals surface area contributed by atoms with E-state index in [1.54, 1.807) is 0 Å². The summed E-state index contributed by atoms with van der Waals surface area (Å²) in [6.45, 7) is 1.95. The molecule has 1 N–H and O–H groups in total. The predicted molar refractivity (Wildman–Crippen MR) is 90.7 cm³/mol. The summed E-state index contributed by atoms with van der Waals surface area (Å²) in [5.74, 6) is 1.91. The first kappa shape index (κ1) is 15.6. The van der Waals surface area contributed by atoms with Gasteiger partial charge in [0.25, 0.3) is 5.91 Å². The average Bonchev–Trinajstić information content (AvgIpc) is 3.25. The van der Waals surface area contributed by atoms with Crippen molar-refractivity contribution in [2.45, 2.75) is 80.9 Å². The van der Waals surface area contributed by atoms with Crippen LogP contribution in [0.5, 0.6) is 0 Å². The van der Waals surface area contributed by atoms with E-state index >= 15 is 0 Å². The largest absolute Gasteiger partial charge is 0.350 e. The molecule has 1 heterocycles. The molecule has 1 aromatic heterocycles. The number of carbonyl (C=O) groups is 1. The minimum Gasteiger partial charge on any atom is -0.350 e. The zero-order chi connectivity index (χ0) is 15.8. The number of aromatic nitrogens is 1. The Balaban J connectivity index is 1.44. The van der Waals surface area contributed by atoms with Gasteiger partial charge in [0.15, 0.2) is 0 Å². The van der Waals surface area contributed by atoms with E-state index in [1.165, 1.54) is 51.4 Å². The minimum atomic E-state index is -0.0542. The molecule has 0 aromatic carbocycles. The van der Waals surface area contributed by atoms with Crippen molar-refractivity contribution >= 4 is 17.7 Å². The maximum absolute atomic E-state index is 12.7. The van der Waals surface area contributed by atoms with Gasteiger partial charge >= 0.3 is 0 Å². The van der Waals surface area contributed by atoms with Crippen molar-refractivity contribution in [3.63, 3.8) is 0 Å². The van der Waals surface area contributed by atoms with Crippen LogP contribution in [-0.2, 0) is 0 Å². The zero-order valence-electron chi connectivity index (χ0n) is 13.8. The first-order valence-corrected chi connectivity index (χ1v) is 10.0. The molecular weight excluding hydrogens is 308 g/mol. The summed E-state index contributed by atoms with van der Waals surface area (Å²) in [6, 6.07) is 0.346. The van der Waals surface area contributed by atoms with E-state index in [0.29, 0.717) is 23.0 Å². The normalized spacial score (nSPS) is 30.7. The second-order valence-electron chi connectivity index (χ2n) is 7.56. The van der Waals surface area contributed by atoms with Crippen LogP contribution >= 0.6 is 11.8 Å². The Labute approximate surface area is 142 Å². The van der Waals surface area contributed by atoms with Crippen LogP contribution in [-0.4, -0.2) is 22.4 Å². The second-order valence-corrected chi connectivity index (χ2v) is 8.87. The van der Waals surface area contributed by atoms with Gasteiger partial charge in [-0.3, -0.25) is 4.79 Å². The molecule has 3 fully saturated rings. The lowest BCUT2D eigenvalue weighted by atomic mass is 9.95. The summed E-state index contributed by atoms with van der Waals surface area (Å²) in [5.41, 5.74) is 0.860. The van der Waals surface area contributed by atoms with E-state index in [9.17, 15) is 4.79 Å². The molecule has 5 heteroatoms. The van der Waals surface area contributed by atoms with E-state index in [2.05, 4.69) is 10.5 Å². The van der Waals surface area contributed by atoms with Gasteiger partial charge in [-0.05, 0) is 50.9 Å². The zero-order valence-corrected chi connectivity index (χ0v) is 14.7. The Bertz CT molecular complexity index is 580. The number of nitrogens with one attached hydrogen (secondary N) is 1. The fraction of sp³-hybridized carbons (Fsp3) is 0.778. The molecule has 1 amide bonds. The molecule has 4 nitrogen and oxygen atoms in total. The van der Waals surface area contributed by atoms with E-state index in [1.807, 2.05) is 18.7 Å². The van der Waals surface area contributed by atoms with Crippen LogP contribution in [0.1, 0.15) is 74.0 Å². The number of carbonyl (C=O) groups excluding carboxylic acids is 1. The summed E-state index contributed by atoms with van der Waals surface area (Å²) < 4.78 is 5.41. The van der Waals surface area contributed by atoms with Gasteiger partial charge in [-0.25, -0.2) is 0 Å². The van der Waals surface area contributed by atoms with Gasteiger partial charge in [0, 0.05) is 11.3 Å². The van der Waals surface area contributed by atoms with Gasteiger partial charge in [0.2, 0.25) is 5.76 Å². The van der Waals surface area contributed by atoms with Crippen LogP contribution in [0.25, 0.3) is 0 Å². The van der Waals surface area contributed by atoms with Crippen LogP contribution in [0.4, 0.5) is 0 Å². The third kappa shape index (κ3) is 3.17. The Morgan fingerprint density at radius 3 is 2.70 bits per heavy atom. The van der Waals surface area contributed by atoms with Crippen LogP contribution in [0.15, 0.2) is 9.42 Å². The van der Waals surface area contributed by atoms with Crippen molar-refractivity contribution in [2.75, 3.05) is 0 Å². The summed E-state index contributed by atoms with van der Waals surface area (Å²) in [4.78, 5) is 13.7. The predicted octanol–water partition coefficient (Wildman–Crippen LogP) is 4.33. The maximum Gasteiger partial charge on any atom is 0.291 e. The quantitative estimate of drug-likeness (QED) is 0.890. The topological polar surface area (TPSA) is 55.1 Å². The SMILES string of the molecule is Cc1noc(C(=O)N[C@@H]2CC3CC[C@@H]2C3)c1SC1CCCCC1. The molecule has 0 radical (unpaired) electrons. The lowest BCUT2D eigenvalue weighted by molar-refractivity contribution is 0.0881. The summed E-state index contributed by atoms with van der Waals surface area (Å²) in [7, 11) is 0. The fourth-order valence-corrected chi connectivity index (χ4v) is 6.00. The molecule has 2 bridgehead atoms. The number of rotatable bonds is 4. The standard InChI is InChI=1S/C18H26N2O2S/c1-11-17(23-14-5-3-2-4-6-14)16(22-20-11)18(21)19-15-10-12-7-8-13(15)9-12/h12-15H,2-10H2,1H3,(H,19,21)/t12?,13-,15-/m1/s1. The number of hydrogen-bond donors (Lipinski definition) is 1. The molecule has 126 valence electrons. The molecule has 0 aliphatic heterocycles. The van der Waals surface area contributed by atoms with Gasteiger partial charge in [-0.2, -0.15) is 0 Å². The molecule has 0 saturated heterocycles. The van der Waals surface area contributed by atoms with Crippen LogP contribution < -0.4 is 5.32 Å². The van der Waals surface area contributed by atoms with Gasteiger partial charge in [-0.15, -0.1) is 11.8 Å². The van der Waals surface area contributed by atoms with Gasteiger partial charge in [0.1, 0.15) is 0 Å². The average molecular weight is 334 g/mol. The van der Waals surface area contributed by atoms with Gasteiger partial charge < -0.3 is 9.84 Å². The number of fused-ring (bicyclic) bond motifs is 2. The Kier molecular flexibility index (Phi) is 4.39. The Morgan fingerprint density at radius 1 is 1.17 bits per heavy atom. The van der Waals surface area contributed by atoms with E-state index in [0.717, 1.165) is 22.9 Å². The lowest BCUT2D eigenvalue weighted by Crippen LogP contribution is -2.38. The molecule has 1 unspecified atom stereocenters. The van der Waals surface area contributed by atoms with Gasteiger partial charge in [0.05, 0.1) is 10.6 Å².